The van der Waals surface area contributed by atoms with Crippen molar-refractivity contribution in [2.45, 2.75) is 13.6 Å². The van der Waals surface area contributed by atoms with E-state index in [9.17, 15) is 0 Å². The number of rotatable bonds is 7. The van der Waals surface area contributed by atoms with Gasteiger partial charge in [0.15, 0.2) is 0 Å². The summed E-state index contributed by atoms with van der Waals surface area (Å²) in [5, 5.41) is 5.03. The van der Waals surface area contributed by atoms with Crippen LogP contribution in [0.2, 0.25) is 0 Å². The molecule has 35 heavy (non-hydrogen) atoms. The average Bonchev–Trinajstić information content (AvgIpc) is 3.22. The molecule has 0 radical (unpaired) electrons. The van der Waals surface area contributed by atoms with Crippen molar-refractivity contribution in [3.05, 3.63) is 76.6 Å². The van der Waals surface area contributed by atoms with Gasteiger partial charge in [-0.2, -0.15) is 0 Å². The minimum Gasteiger partial charge on any atom is -0.378 e. The Bertz CT molecular complexity index is 1190. The van der Waals surface area contributed by atoms with E-state index in [-0.39, 0.29) is 0 Å². The van der Waals surface area contributed by atoms with E-state index in [1.54, 1.807) is 0 Å². The van der Waals surface area contributed by atoms with Gasteiger partial charge in [0.05, 0.1) is 25.6 Å². The van der Waals surface area contributed by atoms with Crippen molar-refractivity contribution in [2.75, 3.05) is 63.9 Å². The average molecular weight is 491 g/mol. The van der Waals surface area contributed by atoms with E-state index in [0.717, 1.165) is 62.2 Å². The highest BCUT2D eigenvalue weighted by atomic mass is 32.1. The number of piperazine rings is 1. The molecular formula is C27H34N6OS. The fourth-order valence-corrected chi connectivity index (χ4v) is 4.96. The second kappa shape index (κ2) is 11.3. The molecule has 2 aromatic carbocycles. The number of morpholine rings is 1. The molecule has 0 aliphatic carbocycles. The van der Waals surface area contributed by atoms with Gasteiger partial charge in [-0.3, -0.25) is 14.4 Å². The molecule has 2 saturated heterocycles. The number of para-hydroxylation sites is 1. The Morgan fingerprint density at radius 3 is 2.31 bits per heavy atom. The predicted octanol–water partition coefficient (Wildman–Crippen LogP) is 3.84. The van der Waals surface area contributed by atoms with Crippen molar-refractivity contribution >= 4 is 24.2 Å². The Hall–Kier alpha value is -2.78. The SMILES string of the molecule is Cc1ccccc1-n1c(N2CCOCC2)nn(CN2CCN(C/C=C/c3ccccc3)CC2)c1=S. The highest BCUT2D eigenvalue weighted by Gasteiger charge is 2.23. The fourth-order valence-electron chi connectivity index (χ4n) is 4.69. The summed E-state index contributed by atoms with van der Waals surface area (Å²) in [5.41, 5.74) is 3.54. The highest BCUT2D eigenvalue weighted by molar-refractivity contribution is 7.71. The third-order valence-electron chi connectivity index (χ3n) is 6.74. The zero-order chi connectivity index (χ0) is 24.0. The molecule has 2 aliphatic rings. The standard InChI is InChI=1S/C27H34N6OS/c1-23-8-5-6-12-25(23)33-26(31-18-20-34-21-19-31)28-32(27(33)35)22-30-16-14-29(15-17-30)13-7-11-24-9-3-2-4-10-24/h2-12H,13-22H2,1H3/b11-7+. The van der Waals surface area contributed by atoms with Gasteiger partial charge in [-0.05, 0) is 36.3 Å². The minimum absolute atomic E-state index is 0.711. The Balaban J connectivity index is 1.27. The van der Waals surface area contributed by atoms with Crippen LogP contribution >= 0.6 is 12.2 Å². The van der Waals surface area contributed by atoms with Gasteiger partial charge in [0, 0.05) is 45.8 Å². The molecule has 3 aromatic rings. The maximum absolute atomic E-state index is 5.98. The predicted molar refractivity (Wildman–Crippen MR) is 144 cm³/mol. The van der Waals surface area contributed by atoms with Crippen LogP contribution in [0.3, 0.4) is 0 Å². The zero-order valence-electron chi connectivity index (χ0n) is 20.4. The van der Waals surface area contributed by atoms with Gasteiger partial charge in [-0.15, -0.1) is 5.10 Å². The third-order valence-corrected chi connectivity index (χ3v) is 7.14. The van der Waals surface area contributed by atoms with Crippen molar-refractivity contribution < 1.29 is 4.74 Å². The number of benzene rings is 2. The molecule has 2 aliphatic heterocycles. The minimum atomic E-state index is 0.711. The molecule has 0 spiro atoms. The maximum Gasteiger partial charge on any atom is 0.230 e. The van der Waals surface area contributed by atoms with Crippen molar-refractivity contribution in [1.82, 2.24) is 24.1 Å². The van der Waals surface area contributed by atoms with E-state index in [1.807, 2.05) is 4.68 Å². The maximum atomic E-state index is 5.98. The van der Waals surface area contributed by atoms with Crippen molar-refractivity contribution in [2.24, 2.45) is 0 Å². The Kier molecular flexibility index (Phi) is 7.73. The second-order valence-electron chi connectivity index (χ2n) is 9.18. The van der Waals surface area contributed by atoms with Gasteiger partial charge in [0.25, 0.3) is 0 Å². The zero-order valence-corrected chi connectivity index (χ0v) is 21.2. The molecule has 7 nitrogen and oxygen atoms in total. The largest absolute Gasteiger partial charge is 0.378 e. The van der Waals surface area contributed by atoms with Crippen LogP contribution in [0, 0.1) is 11.7 Å². The molecular weight excluding hydrogens is 456 g/mol. The lowest BCUT2D eigenvalue weighted by atomic mass is 10.2. The molecule has 0 atom stereocenters. The van der Waals surface area contributed by atoms with Crippen LogP contribution in [0.25, 0.3) is 11.8 Å². The molecule has 184 valence electrons. The molecule has 5 rings (SSSR count). The van der Waals surface area contributed by atoms with Gasteiger partial charge in [-0.25, -0.2) is 4.68 Å². The third kappa shape index (κ3) is 5.73. The molecule has 0 saturated carbocycles. The Morgan fingerprint density at radius 1 is 0.886 bits per heavy atom. The second-order valence-corrected chi connectivity index (χ2v) is 9.54. The molecule has 0 N–H and O–H groups in total. The smallest absolute Gasteiger partial charge is 0.230 e. The van der Waals surface area contributed by atoms with Gasteiger partial charge >= 0.3 is 0 Å². The molecule has 2 fully saturated rings. The van der Waals surface area contributed by atoms with E-state index in [2.05, 4.69) is 92.9 Å². The number of ether oxygens (including phenoxy) is 1. The van der Waals surface area contributed by atoms with Gasteiger partial charge in [0.1, 0.15) is 0 Å². The number of aryl methyl sites for hydroxylation is 1. The number of nitrogens with zero attached hydrogens (tertiary/aromatic N) is 6. The molecule has 0 bridgehead atoms. The first-order chi connectivity index (χ1) is 17.2. The number of aromatic nitrogens is 3. The lowest BCUT2D eigenvalue weighted by Crippen LogP contribution is -2.46. The first-order valence-corrected chi connectivity index (χ1v) is 12.8. The summed E-state index contributed by atoms with van der Waals surface area (Å²) in [6.45, 7) is 11.0. The number of hydrogen-bond acceptors (Lipinski definition) is 6. The van der Waals surface area contributed by atoms with Crippen LogP contribution in [-0.2, 0) is 11.4 Å². The van der Waals surface area contributed by atoms with E-state index in [4.69, 9.17) is 22.1 Å². The molecule has 0 amide bonds. The van der Waals surface area contributed by atoms with Gasteiger partial charge in [0.2, 0.25) is 10.7 Å². The summed E-state index contributed by atoms with van der Waals surface area (Å²) in [7, 11) is 0. The summed E-state index contributed by atoms with van der Waals surface area (Å²) in [6.07, 6.45) is 4.47. The fraction of sp³-hybridized carbons (Fsp3) is 0.407. The van der Waals surface area contributed by atoms with Crippen molar-refractivity contribution in [1.29, 1.82) is 0 Å². The Labute approximate surface area is 212 Å². The summed E-state index contributed by atoms with van der Waals surface area (Å²) >= 11 is 5.98. The van der Waals surface area contributed by atoms with E-state index in [0.29, 0.717) is 19.9 Å². The van der Waals surface area contributed by atoms with Gasteiger partial charge < -0.3 is 9.64 Å². The number of hydrogen-bond donors (Lipinski definition) is 0. The molecule has 8 heteroatoms. The number of anilines is 1. The Morgan fingerprint density at radius 2 is 1.57 bits per heavy atom. The van der Waals surface area contributed by atoms with E-state index >= 15 is 0 Å². The van der Waals surface area contributed by atoms with Crippen LogP contribution in [0.5, 0.6) is 0 Å². The van der Waals surface area contributed by atoms with Gasteiger partial charge in [-0.1, -0.05) is 60.7 Å². The quantitative estimate of drug-likeness (QED) is 0.469. The van der Waals surface area contributed by atoms with Crippen LogP contribution in [0.15, 0.2) is 60.7 Å². The molecule has 3 heterocycles. The summed E-state index contributed by atoms with van der Waals surface area (Å²) < 4.78 is 10.5. The van der Waals surface area contributed by atoms with Crippen LogP contribution < -0.4 is 4.90 Å². The van der Waals surface area contributed by atoms with Crippen LogP contribution in [0.1, 0.15) is 11.1 Å². The highest BCUT2D eigenvalue weighted by Crippen LogP contribution is 2.23. The van der Waals surface area contributed by atoms with E-state index < -0.39 is 0 Å². The molecule has 0 unspecified atom stereocenters. The summed E-state index contributed by atoms with van der Waals surface area (Å²) in [6, 6.07) is 18.9. The van der Waals surface area contributed by atoms with E-state index in [1.165, 1.54) is 11.1 Å². The summed E-state index contributed by atoms with van der Waals surface area (Å²) in [5.74, 6) is 0.914. The molecule has 1 aromatic heterocycles. The topological polar surface area (TPSA) is 41.7 Å². The lowest BCUT2D eigenvalue weighted by Gasteiger charge is -2.33. The summed E-state index contributed by atoms with van der Waals surface area (Å²) in [4.78, 5) is 7.24. The lowest BCUT2D eigenvalue weighted by molar-refractivity contribution is 0.110. The first kappa shape index (κ1) is 23.9. The van der Waals surface area contributed by atoms with Crippen molar-refractivity contribution in [3.63, 3.8) is 0 Å². The first-order valence-electron chi connectivity index (χ1n) is 12.4. The normalized spacial score (nSPS) is 17.9. The van der Waals surface area contributed by atoms with Crippen molar-refractivity contribution in [3.8, 4) is 5.69 Å². The van der Waals surface area contributed by atoms with Crippen LogP contribution in [-0.4, -0.2) is 83.2 Å². The monoisotopic (exact) mass is 490 g/mol. The van der Waals surface area contributed by atoms with Crippen LogP contribution in [0.4, 0.5) is 5.95 Å².